The van der Waals surface area contributed by atoms with Crippen molar-refractivity contribution in [2.75, 3.05) is 6.54 Å². The van der Waals surface area contributed by atoms with Crippen molar-refractivity contribution in [2.45, 2.75) is 25.8 Å². The molecule has 0 atom stereocenters. The maximum atomic E-state index is 13.5. The van der Waals surface area contributed by atoms with Crippen LogP contribution in [-0.4, -0.2) is 12.6 Å². The van der Waals surface area contributed by atoms with Gasteiger partial charge < -0.3 is 5.32 Å². The van der Waals surface area contributed by atoms with Gasteiger partial charge in [-0.3, -0.25) is 0 Å². The highest BCUT2D eigenvalue weighted by Gasteiger charge is 2.19. The molecule has 1 aromatic rings. The summed E-state index contributed by atoms with van der Waals surface area (Å²) in [4.78, 5) is 0. The molecule has 0 spiro atoms. The van der Waals surface area contributed by atoms with Gasteiger partial charge in [0.15, 0.2) is 0 Å². The van der Waals surface area contributed by atoms with Gasteiger partial charge in [0.2, 0.25) is 0 Å². The van der Waals surface area contributed by atoms with E-state index in [9.17, 15) is 4.39 Å². The fourth-order valence-corrected chi connectivity index (χ4v) is 1.76. The molecule has 0 aliphatic heterocycles. The summed E-state index contributed by atoms with van der Waals surface area (Å²) in [6.45, 7) is 2.79. The first-order chi connectivity index (χ1) is 7.66. The van der Waals surface area contributed by atoms with Crippen LogP contribution in [0.25, 0.3) is 6.08 Å². The molecule has 0 amide bonds. The number of nitrogens with one attached hydrogen (secondary N) is 1. The van der Waals surface area contributed by atoms with Crippen LogP contribution in [0.2, 0.25) is 5.02 Å². The maximum Gasteiger partial charge on any atom is 0.131 e. The molecule has 0 heterocycles. The van der Waals surface area contributed by atoms with Gasteiger partial charge in [-0.25, -0.2) is 4.39 Å². The van der Waals surface area contributed by atoms with Crippen LogP contribution in [-0.2, 0) is 0 Å². The molecule has 0 radical (unpaired) electrons. The van der Waals surface area contributed by atoms with Crippen molar-refractivity contribution < 1.29 is 4.39 Å². The number of rotatable bonds is 4. The molecule has 2 rings (SSSR count). The lowest BCUT2D eigenvalue weighted by molar-refractivity contribution is 0.625. The van der Waals surface area contributed by atoms with Crippen LogP contribution in [0.4, 0.5) is 4.39 Å². The summed E-state index contributed by atoms with van der Waals surface area (Å²) in [5.74, 6) is -0.265. The third-order valence-electron chi connectivity index (χ3n) is 2.64. The van der Waals surface area contributed by atoms with Crippen LogP contribution < -0.4 is 5.32 Å². The standard InChI is InChI=1S/C13H15ClFN/c1-9(8-16-10-5-6-10)7-11-12(14)3-2-4-13(11)15/h2-4,7,10,16H,5-6,8H2,1H3. The highest BCUT2D eigenvalue weighted by Crippen LogP contribution is 2.22. The van der Waals surface area contributed by atoms with Gasteiger partial charge in [0.25, 0.3) is 0 Å². The van der Waals surface area contributed by atoms with Gasteiger partial charge in [-0.1, -0.05) is 29.3 Å². The van der Waals surface area contributed by atoms with E-state index < -0.39 is 0 Å². The Kier molecular flexibility index (Phi) is 3.62. The quantitative estimate of drug-likeness (QED) is 0.846. The molecule has 16 heavy (non-hydrogen) atoms. The van der Waals surface area contributed by atoms with E-state index in [1.54, 1.807) is 12.1 Å². The average molecular weight is 240 g/mol. The Labute approximate surface area is 100 Å². The Bertz CT molecular complexity index is 390. The number of benzene rings is 1. The van der Waals surface area contributed by atoms with Crippen molar-refractivity contribution in [3.63, 3.8) is 0 Å². The first-order valence-electron chi connectivity index (χ1n) is 5.51. The average Bonchev–Trinajstić information content (AvgIpc) is 3.04. The molecule has 0 saturated heterocycles. The van der Waals surface area contributed by atoms with E-state index in [-0.39, 0.29) is 5.82 Å². The fraction of sp³-hybridized carbons (Fsp3) is 0.385. The zero-order valence-corrected chi connectivity index (χ0v) is 10.0. The second-order valence-electron chi connectivity index (χ2n) is 4.28. The third kappa shape index (κ3) is 3.06. The highest BCUT2D eigenvalue weighted by molar-refractivity contribution is 6.32. The minimum atomic E-state index is -0.265. The molecule has 1 fully saturated rings. The normalized spacial score (nSPS) is 16.6. The maximum absolute atomic E-state index is 13.5. The second-order valence-corrected chi connectivity index (χ2v) is 4.69. The monoisotopic (exact) mass is 239 g/mol. The zero-order chi connectivity index (χ0) is 11.5. The van der Waals surface area contributed by atoms with Crippen LogP contribution >= 0.6 is 11.6 Å². The number of hydrogen-bond donors (Lipinski definition) is 1. The van der Waals surface area contributed by atoms with E-state index >= 15 is 0 Å². The molecule has 3 heteroatoms. The van der Waals surface area contributed by atoms with E-state index in [1.165, 1.54) is 18.9 Å². The topological polar surface area (TPSA) is 12.0 Å². The van der Waals surface area contributed by atoms with E-state index in [1.807, 2.05) is 13.0 Å². The third-order valence-corrected chi connectivity index (χ3v) is 2.97. The second kappa shape index (κ2) is 4.98. The molecule has 0 unspecified atom stereocenters. The van der Waals surface area contributed by atoms with Crippen molar-refractivity contribution in [1.82, 2.24) is 5.32 Å². The molecule has 1 nitrogen and oxygen atoms in total. The minimum absolute atomic E-state index is 0.265. The van der Waals surface area contributed by atoms with Gasteiger partial charge in [0.05, 0.1) is 5.02 Å². The SMILES string of the molecule is CC(=Cc1c(F)cccc1Cl)CNC1CC1. The smallest absolute Gasteiger partial charge is 0.131 e. The van der Waals surface area contributed by atoms with Gasteiger partial charge in [-0.15, -0.1) is 0 Å². The molecule has 1 aromatic carbocycles. The first-order valence-corrected chi connectivity index (χ1v) is 5.89. The Morgan fingerprint density at radius 3 is 2.94 bits per heavy atom. The highest BCUT2D eigenvalue weighted by atomic mass is 35.5. The molecule has 1 aliphatic rings. The minimum Gasteiger partial charge on any atom is -0.310 e. The summed E-state index contributed by atoms with van der Waals surface area (Å²) in [5.41, 5.74) is 1.58. The summed E-state index contributed by atoms with van der Waals surface area (Å²) >= 11 is 5.94. The summed E-state index contributed by atoms with van der Waals surface area (Å²) in [6, 6.07) is 5.42. The Hall–Kier alpha value is -0.860. The lowest BCUT2D eigenvalue weighted by Crippen LogP contribution is -2.18. The van der Waals surface area contributed by atoms with Crippen LogP contribution in [0.1, 0.15) is 25.3 Å². The van der Waals surface area contributed by atoms with Crippen molar-refractivity contribution in [3.05, 3.63) is 40.2 Å². The van der Waals surface area contributed by atoms with Crippen molar-refractivity contribution in [3.8, 4) is 0 Å². The summed E-state index contributed by atoms with van der Waals surface area (Å²) in [6.07, 6.45) is 4.33. The van der Waals surface area contributed by atoms with Gasteiger partial charge in [0, 0.05) is 18.2 Å². The Balaban J connectivity index is 2.07. The van der Waals surface area contributed by atoms with Gasteiger partial charge >= 0.3 is 0 Å². The molecule has 1 N–H and O–H groups in total. The number of hydrogen-bond acceptors (Lipinski definition) is 1. The zero-order valence-electron chi connectivity index (χ0n) is 9.26. The lowest BCUT2D eigenvalue weighted by Gasteiger charge is -2.05. The van der Waals surface area contributed by atoms with Crippen molar-refractivity contribution >= 4 is 17.7 Å². The van der Waals surface area contributed by atoms with E-state index in [4.69, 9.17) is 11.6 Å². The van der Waals surface area contributed by atoms with Crippen LogP contribution in [0.5, 0.6) is 0 Å². The predicted molar refractivity (Wildman–Crippen MR) is 66.1 cm³/mol. The fourth-order valence-electron chi connectivity index (χ4n) is 1.54. The van der Waals surface area contributed by atoms with Gasteiger partial charge in [-0.2, -0.15) is 0 Å². The van der Waals surface area contributed by atoms with E-state index in [0.717, 1.165) is 12.1 Å². The molecule has 86 valence electrons. The summed E-state index contributed by atoms with van der Waals surface area (Å²) in [5, 5.41) is 3.85. The lowest BCUT2D eigenvalue weighted by atomic mass is 10.1. The van der Waals surface area contributed by atoms with Crippen LogP contribution in [0.3, 0.4) is 0 Å². The van der Waals surface area contributed by atoms with Gasteiger partial charge in [-0.05, 0) is 31.9 Å². The molecular formula is C13H15ClFN. The van der Waals surface area contributed by atoms with Crippen molar-refractivity contribution in [2.24, 2.45) is 0 Å². The van der Waals surface area contributed by atoms with Gasteiger partial charge in [0.1, 0.15) is 5.82 Å². The number of halogens is 2. The van der Waals surface area contributed by atoms with E-state index in [0.29, 0.717) is 16.6 Å². The molecular weight excluding hydrogens is 225 g/mol. The largest absolute Gasteiger partial charge is 0.310 e. The van der Waals surface area contributed by atoms with Crippen LogP contribution in [0, 0.1) is 5.82 Å². The van der Waals surface area contributed by atoms with Crippen molar-refractivity contribution in [1.29, 1.82) is 0 Å². The van der Waals surface area contributed by atoms with E-state index in [2.05, 4.69) is 5.32 Å². The summed E-state index contributed by atoms with van der Waals surface area (Å²) in [7, 11) is 0. The summed E-state index contributed by atoms with van der Waals surface area (Å²) < 4.78 is 13.5. The molecule has 0 bridgehead atoms. The van der Waals surface area contributed by atoms with Crippen LogP contribution in [0.15, 0.2) is 23.8 Å². The molecule has 0 aromatic heterocycles. The first kappa shape index (κ1) is 11.6. The molecule has 1 saturated carbocycles. The predicted octanol–water partition coefficient (Wildman–Crippen LogP) is 3.63. The Morgan fingerprint density at radius 1 is 1.56 bits per heavy atom. The molecule has 1 aliphatic carbocycles. The Morgan fingerprint density at radius 2 is 2.31 bits per heavy atom.